The lowest BCUT2D eigenvalue weighted by Gasteiger charge is -2.04. The maximum Gasteiger partial charge on any atom is 0.347 e. The predicted molar refractivity (Wildman–Crippen MR) is 51.7 cm³/mol. The van der Waals surface area contributed by atoms with Crippen molar-refractivity contribution < 1.29 is 4.79 Å². The van der Waals surface area contributed by atoms with Crippen molar-refractivity contribution in [2.75, 3.05) is 6.54 Å². The molecule has 0 unspecified atom stereocenters. The molecule has 0 saturated carbocycles. The zero-order valence-electron chi connectivity index (χ0n) is 8.01. The third kappa shape index (κ3) is 3.60. The average Bonchev–Trinajstić information content (AvgIpc) is 2.22. The molecular formula is C9H10N4O2. The van der Waals surface area contributed by atoms with Crippen LogP contribution in [-0.2, 0) is 11.3 Å². The molecule has 1 heterocycles. The molecular weight excluding hydrogens is 196 g/mol. The molecule has 0 aliphatic carbocycles. The minimum atomic E-state index is -0.465. The van der Waals surface area contributed by atoms with E-state index in [0.29, 0.717) is 6.54 Å². The first-order valence-corrected chi connectivity index (χ1v) is 4.39. The van der Waals surface area contributed by atoms with Crippen LogP contribution in [0, 0.1) is 11.3 Å². The van der Waals surface area contributed by atoms with Gasteiger partial charge in [0, 0.05) is 18.9 Å². The first kappa shape index (κ1) is 10.9. The molecule has 78 valence electrons. The minimum absolute atomic E-state index is 0.0713. The molecule has 0 radical (unpaired) electrons. The zero-order valence-corrected chi connectivity index (χ0v) is 8.01. The van der Waals surface area contributed by atoms with Gasteiger partial charge in [-0.3, -0.25) is 9.36 Å². The molecule has 0 aliphatic rings. The summed E-state index contributed by atoms with van der Waals surface area (Å²) in [6.07, 6.45) is 3.11. The number of amides is 1. The number of hydrogen-bond donors (Lipinski definition) is 1. The van der Waals surface area contributed by atoms with Crippen molar-refractivity contribution in [3.05, 3.63) is 28.9 Å². The van der Waals surface area contributed by atoms with Crippen molar-refractivity contribution in [3.8, 4) is 6.07 Å². The van der Waals surface area contributed by atoms with Crippen molar-refractivity contribution in [2.24, 2.45) is 0 Å². The van der Waals surface area contributed by atoms with E-state index in [1.54, 1.807) is 6.07 Å². The molecule has 15 heavy (non-hydrogen) atoms. The quantitative estimate of drug-likeness (QED) is 0.658. The van der Waals surface area contributed by atoms with Gasteiger partial charge < -0.3 is 5.32 Å². The van der Waals surface area contributed by atoms with E-state index in [-0.39, 0.29) is 18.9 Å². The van der Waals surface area contributed by atoms with Gasteiger partial charge in [0.15, 0.2) is 0 Å². The lowest BCUT2D eigenvalue weighted by atomic mass is 10.4. The first-order chi connectivity index (χ1) is 7.24. The maximum atomic E-state index is 11.2. The largest absolute Gasteiger partial charge is 0.354 e. The van der Waals surface area contributed by atoms with Gasteiger partial charge in [0.05, 0.1) is 12.5 Å². The van der Waals surface area contributed by atoms with Crippen LogP contribution in [0.3, 0.4) is 0 Å². The highest BCUT2D eigenvalue weighted by Gasteiger charge is 2.02. The summed E-state index contributed by atoms with van der Waals surface area (Å²) < 4.78 is 1.20. The Bertz CT molecular complexity index is 432. The van der Waals surface area contributed by atoms with Crippen molar-refractivity contribution in [1.29, 1.82) is 5.26 Å². The highest BCUT2D eigenvalue weighted by molar-refractivity contribution is 5.75. The Labute approximate surface area is 86.2 Å². The van der Waals surface area contributed by atoms with Crippen LogP contribution < -0.4 is 11.0 Å². The molecule has 6 nitrogen and oxygen atoms in total. The Morgan fingerprint density at radius 1 is 1.67 bits per heavy atom. The summed E-state index contributed by atoms with van der Waals surface area (Å²) >= 11 is 0. The standard InChI is InChI=1S/C9H10N4O2/c10-3-1-4-11-8(14)7-13-6-2-5-12-9(13)15/h2,5-6H,1,4,7H2,(H,11,14). The van der Waals surface area contributed by atoms with Crippen LogP contribution in [0.25, 0.3) is 0 Å². The molecule has 0 fully saturated rings. The highest BCUT2D eigenvalue weighted by Crippen LogP contribution is 1.80. The summed E-state index contributed by atoms with van der Waals surface area (Å²) in [5.41, 5.74) is -0.465. The van der Waals surface area contributed by atoms with Crippen LogP contribution in [0.1, 0.15) is 6.42 Å². The Kier molecular flexibility index (Phi) is 4.04. The van der Waals surface area contributed by atoms with Gasteiger partial charge in [-0.1, -0.05) is 0 Å². The van der Waals surface area contributed by atoms with Gasteiger partial charge in [-0.25, -0.2) is 9.78 Å². The number of carbonyl (C=O) groups is 1. The van der Waals surface area contributed by atoms with Gasteiger partial charge in [0.25, 0.3) is 0 Å². The van der Waals surface area contributed by atoms with E-state index in [2.05, 4.69) is 10.3 Å². The Morgan fingerprint density at radius 3 is 3.13 bits per heavy atom. The number of rotatable bonds is 4. The number of hydrogen-bond acceptors (Lipinski definition) is 4. The van der Waals surface area contributed by atoms with Crippen LogP contribution in [0.4, 0.5) is 0 Å². The van der Waals surface area contributed by atoms with Gasteiger partial charge in [-0.05, 0) is 6.07 Å². The van der Waals surface area contributed by atoms with Crippen molar-refractivity contribution in [1.82, 2.24) is 14.9 Å². The molecule has 0 aromatic carbocycles. The van der Waals surface area contributed by atoms with Gasteiger partial charge in [-0.15, -0.1) is 0 Å². The zero-order chi connectivity index (χ0) is 11.1. The van der Waals surface area contributed by atoms with Gasteiger partial charge >= 0.3 is 5.69 Å². The molecule has 0 bridgehead atoms. The Morgan fingerprint density at radius 2 is 2.47 bits per heavy atom. The molecule has 0 saturated heterocycles. The van der Waals surface area contributed by atoms with E-state index in [0.717, 1.165) is 0 Å². The van der Waals surface area contributed by atoms with Crippen molar-refractivity contribution in [2.45, 2.75) is 13.0 Å². The molecule has 1 aromatic rings. The van der Waals surface area contributed by atoms with Crippen LogP contribution >= 0.6 is 0 Å². The SMILES string of the molecule is N#CCCNC(=O)Cn1cccnc1=O. The van der Waals surface area contributed by atoms with Crippen LogP contribution in [-0.4, -0.2) is 22.0 Å². The number of aromatic nitrogens is 2. The average molecular weight is 206 g/mol. The van der Waals surface area contributed by atoms with E-state index >= 15 is 0 Å². The van der Waals surface area contributed by atoms with Crippen LogP contribution in [0.2, 0.25) is 0 Å². The monoisotopic (exact) mass is 206 g/mol. The second-order valence-corrected chi connectivity index (χ2v) is 2.79. The smallest absolute Gasteiger partial charge is 0.347 e. The predicted octanol–water partition coefficient (Wildman–Crippen LogP) is -0.727. The van der Waals surface area contributed by atoms with E-state index < -0.39 is 5.69 Å². The molecule has 1 N–H and O–H groups in total. The third-order valence-electron chi connectivity index (χ3n) is 1.66. The number of carbonyl (C=O) groups excluding carboxylic acids is 1. The molecule has 0 atom stereocenters. The fraction of sp³-hybridized carbons (Fsp3) is 0.333. The first-order valence-electron chi connectivity index (χ1n) is 4.39. The second-order valence-electron chi connectivity index (χ2n) is 2.79. The van der Waals surface area contributed by atoms with Gasteiger partial charge in [0.2, 0.25) is 5.91 Å². The van der Waals surface area contributed by atoms with E-state index in [9.17, 15) is 9.59 Å². The second kappa shape index (κ2) is 5.54. The number of nitrogens with zero attached hydrogens (tertiary/aromatic N) is 3. The Hall–Kier alpha value is -2.16. The lowest BCUT2D eigenvalue weighted by Crippen LogP contribution is -2.33. The van der Waals surface area contributed by atoms with E-state index in [1.165, 1.54) is 17.0 Å². The molecule has 1 rings (SSSR count). The summed E-state index contributed by atoms with van der Waals surface area (Å²) in [6.45, 7) is 0.225. The van der Waals surface area contributed by atoms with Gasteiger partial charge in [-0.2, -0.15) is 5.26 Å². The number of nitriles is 1. The third-order valence-corrected chi connectivity index (χ3v) is 1.66. The summed E-state index contributed by atoms with van der Waals surface area (Å²) in [4.78, 5) is 25.8. The molecule has 0 aliphatic heterocycles. The van der Waals surface area contributed by atoms with Crippen LogP contribution in [0.15, 0.2) is 23.3 Å². The summed E-state index contributed by atoms with van der Waals surface area (Å²) in [5.74, 6) is -0.305. The highest BCUT2D eigenvalue weighted by atomic mass is 16.2. The fourth-order valence-electron chi connectivity index (χ4n) is 0.976. The summed E-state index contributed by atoms with van der Waals surface area (Å²) in [6, 6.07) is 3.48. The van der Waals surface area contributed by atoms with Crippen LogP contribution in [0.5, 0.6) is 0 Å². The molecule has 6 heteroatoms. The summed E-state index contributed by atoms with van der Waals surface area (Å²) in [5, 5.41) is 10.8. The minimum Gasteiger partial charge on any atom is -0.354 e. The lowest BCUT2D eigenvalue weighted by molar-refractivity contribution is -0.121. The molecule has 0 spiro atoms. The van der Waals surface area contributed by atoms with E-state index in [4.69, 9.17) is 5.26 Å². The summed E-state index contributed by atoms with van der Waals surface area (Å²) in [7, 11) is 0. The number of nitrogens with one attached hydrogen (secondary N) is 1. The van der Waals surface area contributed by atoms with Crippen molar-refractivity contribution >= 4 is 5.91 Å². The maximum absolute atomic E-state index is 11.2. The molecule has 1 aromatic heterocycles. The van der Waals surface area contributed by atoms with E-state index in [1.807, 2.05) is 6.07 Å². The Balaban J connectivity index is 2.49. The normalized spacial score (nSPS) is 9.27. The van der Waals surface area contributed by atoms with Crippen molar-refractivity contribution in [3.63, 3.8) is 0 Å². The van der Waals surface area contributed by atoms with Gasteiger partial charge in [0.1, 0.15) is 6.54 Å². The molecule has 1 amide bonds. The topological polar surface area (TPSA) is 87.8 Å². The fourth-order valence-corrected chi connectivity index (χ4v) is 0.976.